The maximum atomic E-state index is 4.60. The van der Waals surface area contributed by atoms with E-state index < -0.39 is 0 Å². The van der Waals surface area contributed by atoms with Crippen molar-refractivity contribution >= 4 is 5.96 Å². The normalized spacial score (nSPS) is 20.7. The molecule has 2 unspecified atom stereocenters. The lowest BCUT2D eigenvalue weighted by atomic mass is 10.1. The van der Waals surface area contributed by atoms with Gasteiger partial charge in [0.25, 0.3) is 0 Å². The third-order valence-corrected chi connectivity index (χ3v) is 3.87. The zero-order valence-corrected chi connectivity index (χ0v) is 13.0. The average Bonchev–Trinajstić information content (AvgIpc) is 3.19. The predicted molar refractivity (Wildman–Crippen MR) is 86.5 cm³/mol. The van der Waals surface area contributed by atoms with E-state index in [9.17, 15) is 0 Å². The molecule has 0 amide bonds. The van der Waals surface area contributed by atoms with Crippen LogP contribution in [0.15, 0.2) is 41.7 Å². The molecule has 22 heavy (non-hydrogen) atoms. The molecule has 2 aromatic rings. The van der Waals surface area contributed by atoms with E-state index in [0.29, 0.717) is 18.5 Å². The van der Waals surface area contributed by atoms with Crippen molar-refractivity contribution in [2.45, 2.75) is 31.8 Å². The second-order valence-electron chi connectivity index (χ2n) is 5.50. The summed E-state index contributed by atoms with van der Waals surface area (Å²) >= 11 is 0. The molecule has 1 fully saturated rings. The highest BCUT2D eigenvalue weighted by Crippen LogP contribution is 2.40. The molecule has 6 heteroatoms. The van der Waals surface area contributed by atoms with Gasteiger partial charge in [-0.3, -0.25) is 4.68 Å². The molecule has 0 bridgehead atoms. The van der Waals surface area contributed by atoms with Crippen molar-refractivity contribution in [1.82, 2.24) is 25.4 Å². The first-order valence-corrected chi connectivity index (χ1v) is 7.70. The van der Waals surface area contributed by atoms with Crippen LogP contribution in [0.2, 0.25) is 0 Å². The number of nitrogens with zero attached hydrogens (tertiary/aromatic N) is 4. The fourth-order valence-electron chi connectivity index (χ4n) is 2.53. The first-order chi connectivity index (χ1) is 10.8. The van der Waals surface area contributed by atoms with E-state index in [-0.39, 0.29) is 0 Å². The maximum absolute atomic E-state index is 4.60. The Hall–Kier alpha value is -2.37. The van der Waals surface area contributed by atoms with Gasteiger partial charge in [0.1, 0.15) is 18.7 Å². The van der Waals surface area contributed by atoms with E-state index in [0.717, 1.165) is 24.7 Å². The Morgan fingerprint density at radius 1 is 1.36 bits per heavy atom. The zero-order chi connectivity index (χ0) is 15.4. The van der Waals surface area contributed by atoms with Crippen LogP contribution in [0.4, 0.5) is 0 Å². The van der Waals surface area contributed by atoms with E-state index >= 15 is 0 Å². The molecule has 1 saturated carbocycles. The second kappa shape index (κ2) is 6.60. The third-order valence-electron chi connectivity index (χ3n) is 3.87. The van der Waals surface area contributed by atoms with Gasteiger partial charge in [-0.1, -0.05) is 30.3 Å². The number of rotatable bonds is 5. The zero-order valence-electron chi connectivity index (χ0n) is 13.0. The number of hydrogen-bond donors (Lipinski definition) is 2. The lowest BCUT2D eigenvalue weighted by Crippen LogP contribution is -2.39. The standard InChI is InChI=1S/C16H22N6/c1-3-17-16(18-10-15-19-11-20-22(15)2)21-14-9-13(14)12-7-5-4-6-8-12/h4-8,11,13-14H,3,9-10H2,1-2H3,(H2,17,18,21). The number of nitrogens with one attached hydrogen (secondary N) is 2. The molecule has 0 aliphatic heterocycles. The molecule has 1 aromatic heterocycles. The minimum atomic E-state index is 0.458. The highest BCUT2D eigenvalue weighted by molar-refractivity contribution is 5.80. The summed E-state index contributed by atoms with van der Waals surface area (Å²) in [4.78, 5) is 8.79. The van der Waals surface area contributed by atoms with Gasteiger partial charge in [0.2, 0.25) is 0 Å². The minimum Gasteiger partial charge on any atom is -0.357 e. The van der Waals surface area contributed by atoms with Crippen LogP contribution >= 0.6 is 0 Å². The van der Waals surface area contributed by atoms with Gasteiger partial charge in [0, 0.05) is 25.6 Å². The Morgan fingerprint density at radius 3 is 2.86 bits per heavy atom. The Bertz CT molecular complexity index is 633. The SMILES string of the molecule is CCNC(=NCc1ncnn1C)NC1CC1c1ccccc1. The van der Waals surface area contributed by atoms with Crippen LogP contribution in [0.25, 0.3) is 0 Å². The summed E-state index contributed by atoms with van der Waals surface area (Å²) in [7, 11) is 1.88. The number of benzene rings is 1. The minimum absolute atomic E-state index is 0.458. The Morgan fingerprint density at radius 2 is 2.18 bits per heavy atom. The van der Waals surface area contributed by atoms with Crippen LogP contribution in [0, 0.1) is 0 Å². The predicted octanol–water partition coefficient (Wildman–Crippen LogP) is 1.43. The fraction of sp³-hybridized carbons (Fsp3) is 0.438. The van der Waals surface area contributed by atoms with Crippen molar-refractivity contribution in [3.05, 3.63) is 48.0 Å². The summed E-state index contributed by atoms with van der Waals surface area (Å²) in [5.41, 5.74) is 1.39. The summed E-state index contributed by atoms with van der Waals surface area (Å²) in [6.45, 7) is 3.43. The first kappa shape index (κ1) is 14.6. The number of guanidine groups is 1. The maximum Gasteiger partial charge on any atom is 0.191 e. The molecule has 3 rings (SSSR count). The molecule has 6 nitrogen and oxygen atoms in total. The van der Waals surface area contributed by atoms with Crippen molar-refractivity contribution < 1.29 is 0 Å². The molecular formula is C16H22N6. The first-order valence-electron chi connectivity index (χ1n) is 7.70. The number of hydrogen-bond acceptors (Lipinski definition) is 3. The van der Waals surface area contributed by atoms with Crippen molar-refractivity contribution in [2.75, 3.05) is 6.54 Å². The summed E-state index contributed by atoms with van der Waals surface area (Å²) in [6, 6.07) is 11.1. The quantitative estimate of drug-likeness (QED) is 0.647. The summed E-state index contributed by atoms with van der Waals surface area (Å²) in [5.74, 6) is 2.28. The van der Waals surface area contributed by atoms with Gasteiger partial charge in [-0.05, 0) is 18.9 Å². The van der Waals surface area contributed by atoms with Crippen molar-refractivity contribution in [3.63, 3.8) is 0 Å². The highest BCUT2D eigenvalue weighted by Gasteiger charge is 2.38. The molecule has 0 saturated heterocycles. The van der Waals surface area contributed by atoms with Gasteiger partial charge < -0.3 is 10.6 Å². The molecule has 1 heterocycles. The van der Waals surface area contributed by atoms with Crippen LogP contribution < -0.4 is 10.6 Å². The van der Waals surface area contributed by atoms with Crippen LogP contribution in [-0.4, -0.2) is 33.3 Å². The van der Waals surface area contributed by atoms with Crippen LogP contribution in [0.3, 0.4) is 0 Å². The summed E-state index contributed by atoms with van der Waals surface area (Å²) < 4.78 is 1.75. The second-order valence-corrected chi connectivity index (χ2v) is 5.50. The lowest BCUT2D eigenvalue weighted by molar-refractivity contribution is 0.696. The molecule has 0 radical (unpaired) electrons. The van der Waals surface area contributed by atoms with Crippen molar-refractivity contribution in [2.24, 2.45) is 12.0 Å². The third kappa shape index (κ3) is 3.44. The summed E-state index contributed by atoms with van der Waals surface area (Å²) in [5, 5.41) is 10.9. The van der Waals surface area contributed by atoms with E-state index in [1.165, 1.54) is 5.56 Å². The monoisotopic (exact) mass is 298 g/mol. The lowest BCUT2D eigenvalue weighted by Gasteiger charge is -2.11. The molecule has 1 aliphatic rings. The number of aryl methyl sites for hydroxylation is 1. The van der Waals surface area contributed by atoms with Crippen molar-refractivity contribution in [3.8, 4) is 0 Å². The van der Waals surface area contributed by atoms with E-state index in [4.69, 9.17) is 0 Å². The topological polar surface area (TPSA) is 67.1 Å². The molecule has 2 atom stereocenters. The van der Waals surface area contributed by atoms with Crippen LogP contribution in [-0.2, 0) is 13.6 Å². The smallest absolute Gasteiger partial charge is 0.191 e. The van der Waals surface area contributed by atoms with Gasteiger partial charge in [0.05, 0.1) is 0 Å². The Balaban J connectivity index is 1.60. The largest absolute Gasteiger partial charge is 0.357 e. The van der Waals surface area contributed by atoms with Gasteiger partial charge in [-0.15, -0.1) is 0 Å². The number of aromatic nitrogens is 3. The van der Waals surface area contributed by atoms with Gasteiger partial charge in [-0.25, -0.2) is 9.98 Å². The molecule has 116 valence electrons. The highest BCUT2D eigenvalue weighted by atomic mass is 15.3. The molecule has 1 aromatic carbocycles. The van der Waals surface area contributed by atoms with Crippen molar-refractivity contribution in [1.29, 1.82) is 0 Å². The molecule has 0 spiro atoms. The molecule has 2 N–H and O–H groups in total. The fourth-order valence-corrected chi connectivity index (χ4v) is 2.53. The van der Waals surface area contributed by atoms with Crippen LogP contribution in [0.5, 0.6) is 0 Å². The van der Waals surface area contributed by atoms with Gasteiger partial charge in [0.15, 0.2) is 5.96 Å². The molecule has 1 aliphatic carbocycles. The summed E-state index contributed by atoms with van der Waals surface area (Å²) in [6.07, 6.45) is 2.70. The van der Waals surface area contributed by atoms with Crippen LogP contribution in [0.1, 0.15) is 30.7 Å². The number of aliphatic imine (C=N–C) groups is 1. The molecular weight excluding hydrogens is 276 g/mol. The van der Waals surface area contributed by atoms with E-state index in [2.05, 4.69) is 63.0 Å². The van der Waals surface area contributed by atoms with Gasteiger partial charge in [-0.2, -0.15) is 5.10 Å². The van der Waals surface area contributed by atoms with Gasteiger partial charge >= 0.3 is 0 Å². The van der Waals surface area contributed by atoms with E-state index in [1.54, 1.807) is 11.0 Å². The van der Waals surface area contributed by atoms with E-state index in [1.807, 2.05) is 7.05 Å². The Kier molecular flexibility index (Phi) is 4.37. The average molecular weight is 298 g/mol. The Labute approximate surface area is 130 Å².